The summed E-state index contributed by atoms with van der Waals surface area (Å²) in [6.45, 7) is 2.71. The van der Waals surface area contributed by atoms with Crippen molar-refractivity contribution in [2.45, 2.75) is 32.1 Å². The SMILES string of the molecule is S=P1(OCCCl)C2=C(N3CCCC3)CCCC2=NN1c1ccccc1. The van der Waals surface area contributed by atoms with Gasteiger partial charge in [0.05, 0.1) is 23.3 Å². The summed E-state index contributed by atoms with van der Waals surface area (Å²) >= 11 is 12.1. The molecular formula is C18H23ClN3OPS. The average molecular weight is 396 g/mol. The predicted molar refractivity (Wildman–Crippen MR) is 109 cm³/mol. The number of halogens is 1. The zero-order chi connectivity index (χ0) is 17.3. The second kappa shape index (κ2) is 7.40. The Bertz CT molecular complexity index is 746. The monoisotopic (exact) mass is 395 g/mol. The molecular weight excluding hydrogens is 373 g/mol. The summed E-state index contributed by atoms with van der Waals surface area (Å²) in [6, 6.07) is 10.2. The Hall–Kier alpha value is -0.870. The number of alkyl halides is 1. The normalized spacial score (nSPS) is 26.2. The maximum atomic E-state index is 6.29. The number of allylic oxidation sites excluding steroid dienone is 2. The summed E-state index contributed by atoms with van der Waals surface area (Å²) in [6.07, 6.45) is 3.29. The van der Waals surface area contributed by atoms with Gasteiger partial charge in [0.1, 0.15) is 0 Å². The highest BCUT2D eigenvalue weighted by Gasteiger charge is 2.44. The van der Waals surface area contributed by atoms with E-state index in [0.29, 0.717) is 12.5 Å². The van der Waals surface area contributed by atoms with Crippen LogP contribution in [-0.4, -0.2) is 36.2 Å². The fraction of sp³-hybridized carbons (Fsp3) is 0.500. The molecule has 1 atom stereocenters. The van der Waals surface area contributed by atoms with Crippen LogP contribution >= 0.6 is 18.0 Å². The van der Waals surface area contributed by atoms with Crippen LogP contribution in [0.2, 0.25) is 0 Å². The van der Waals surface area contributed by atoms with E-state index in [0.717, 1.165) is 43.8 Å². The van der Waals surface area contributed by atoms with Gasteiger partial charge >= 0.3 is 0 Å². The van der Waals surface area contributed by atoms with Crippen LogP contribution in [0, 0.1) is 0 Å². The van der Waals surface area contributed by atoms with Gasteiger partial charge in [-0.05, 0) is 56.0 Å². The van der Waals surface area contributed by atoms with Gasteiger partial charge in [0.25, 0.3) is 0 Å². The van der Waals surface area contributed by atoms with E-state index in [1.807, 2.05) is 23.0 Å². The summed E-state index contributed by atoms with van der Waals surface area (Å²) < 4.78 is 8.27. The molecule has 0 bridgehead atoms. The Morgan fingerprint density at radius 3 is 2.60 bits per heavy atom. The smallest absolute Gasteiger partial charge is 0.209 e. The number of hydrogen-bond donors (Lipinski definition) is 0. The van der Waals surface area contributed by atoms with E-state index in [1.54, 1.807) is 0 Å². The fourth-order valence-corrected chi connectivity index (χ4v) is 7.79. The van der Waals surface area contributed by atoms with Crippen LogP contribution in [0.3, 0.4) is 0 Å². The van der Waals surface area contributed by atoms with E-state index in [2.05, 4.69) is 17.0 Å². The lowest BCUT2D eigenvalue weighted by Crippen LogP contribution is -2.25. The summed E-state index contributed by atoms with van der Waals surface area (Å²) in [5.41, 5.74) is 3.53. The van der Waals surface area contributed by atoms with E-state index in [9.17, 15) is 0 Å². The molecule has 0 saturated carbocycles. The van der Waals surface area contributed by atoms with Crippen LogP contribution in [0.15, 0.2) is 46.4 Å². The number of para-hydroxylation sites is 1. The van der Waals surface area contributed by atoms with Crippen LogP contribution in [0.1, 0.15) is 32.1 Å². The number of fused-ring (bicyclic) bond motifs is 1. The minimum Gasteiger partial charge on any atom is -0.374 e. The van der Waals surface area contributed by atoms with Gasteiger partial charge in [-0.15, -0.1) is 11.6 Å². The van der Waals surface area contributed by atoms with Crippen molar-refractivity contribution in [2.75, 3.05) is 30.4 Å². The first-order valence-corrected chi connectivity index (χ1v) is 12.2. The van der Waals surface area contributed by atoms with E-state index in [1.165, 1.54) is 23.9 Å². The van der Waals surface area contributed by atoms with Crippen LogP contribution in [0.4, 0.5) is 5.69 Å². The van der Waals surface area contributed by atoms with Gasteiger partial charge in [0.15, 0.2) is 0 Å². The van der Waals surface area contributed by atoms with E-state index in [-0.39, 0.29) is 0 Å². The molecule has 1 aromatic rings. The number of nitrogens with zero attached hydrogens (tertiary/aromatic N) is 3. The van der Waals surface area contributed by atoms with Crippen LogP contribution < -0.4 is 4.78 Å². The third kappa shape index (κ3) is 3.16. The summed E-state index contributed by atoms with van der Waals surface area (Å²) in [7, 11) is 0. The lowest BCUT2D eigenvalue weighted by Gasteiger charge is -2.33. The average Bonchev–Trinajstić information content (AvgIpc) is 3.28. The highest BCUT2D eigenvalue weighted by molar-refractivity contribution is 8.15. The molecule has 0 N–H and O–H groups in total. The zero-order valence-electron chi connectivity index (χ0n) is 14.2. The minimum absolute atomic E-state index is 0.447. The highest BCUT2D eigenvalue weighted by atomic mass is 35.5. The Morgan fingerprint density at radius 2 is 1.88 bits per heavy atom. The van der Waals surface area contributed by atoms with Crippen molar-refractivity contribution in [2.24, 2.45) is 5.10 Å². The molecule has 1 unspecified atom stereocenters. The maximum Gasteiger partial charge on any atom is 0.209 e. The van der Waals surface area contributed by atoms with Crippen molar-refractivity contribution in [1.82, 2.24) is 4.90 Å². The number of anilines is 1. The lowest BCUT2D eigenvalue weighted by atomic mass is 10.0. The van der Waals surface area contributed by atoms with Gasteiger partial charge in [-0.2, -0.15) is 5.10 Å². The Kier molecular flexibility index (Phi) is 5.19. The van der Waals surface area contributed by atoms with Gasteiger partial charge in [-0.25, -0.2) is 4.78 Å². The van der Waals surface area contributed by atoms with Crippen LogP contribution in [0.5, 0.6) is 0 Å². The Balaban J connectivity index is 1.82. The van der Waals surface area contributed by atoms with E-state index >= 15 is 0 Å². The molecule has 3 aliphatic rings. The fourth-order valence-electron chi connectivity index (χ4n) is 3.86. The number of rotatable bonds is 5. The largest absolute Gasteiger partial charge is 0.374 e. The van der Waals surface area contributed by atoms with E-state index < -0.39 is 6.42 Å². The lowest BCUT2D eigenvalue weighted by molar-refractivity contribution is 0.377. The van der Waals surface area contributed by atoms with Crippen molar-refractivity contribution in [3.8, 4) is 0 Å². The predicted octanol–water partition coefficient (Wildman–Crippen LogP) is 4.92. The quantitative estimate of drug-likeness (QED) is 0.522. The third-order valence-electron chi connectivity index (χ3n) is 4.94. The topological polar surface area (TPSA) is 28.1 Å². The first-order valence-electron chi connectivity index (χ1n) is 8.97. The molecule has 2 aliphatic heterocycles. The second-order valence-corrected chi connectivity index (χ2v) is 10.5. The molecule has 7 heteroatoms. The van der Waals surface area contributed by atoms with Gasteiger partial charge in [0, 0.05) is 24.7 Å². The number of likely N-dealkylation sites (tertiary alicyclic amines) is 1. The molecule has 4 nitrogen and oxygen atoms in total. The molecule has 2 heterocycles. The van der Waals surface area contributed by atoms with Gasteiger partial charge < -0.3 is 9.42 Å². The Morgan fingerprint density at radius 1 is 1.12 bits per heavy atom. The molecule has 0 spiro atoms. The molecule has 4 rings (SSSR count). The van der Waals surface area contributed by atoms with Gasteiger partial charge in [-0.3, -0.25) is 0 Å². The molecule has 0 amide bonds. The van der Waals surface area contributed by atoms with Crippen molar-refractivity contribution < 1.29 is 4.52 Å². The summed E-state index contributed by atoms with van der Waals surface area (Å²) in [5.74, 6) is 0.447. The molecule has 25 heavy (non-hydrogen) atoms. The summed E-state index contributed by atoms with van der Waals surface area (Å²) in [5, 5.41) is 6.16. The summed E-state index contributed by atoms with van der Waals surface area (Å²) in [4.78, 5) is 2.52. The Labute approximate surface area is 159 Å². The van der Waals surface area contributed by atoms with Gasteiger partial charge in [0.2, 0.25) is 6.42 Å². The first-order chi connectivity index (χ1) is 12.2. The molecule has 1 aromatic carbocycles. The van der Waals surface area contributed by atoms with E-state index in [4.69, 9.17) is 33.0 Å². The van der Waals surface area contributed by atoms with Gasteiger partial charge in [-0.1, -0.05) is 18.2 Å². The van der Waals surface area contributed by atoms with Crippen molar-refractivity contribution in [3.63, 3.8) is 0 Å². The van der Waals surface area contributed by atoms with Crippen LogP contribution in [0.25, 0.3) is 0 Å². The molecule has 0 aromatic heterocycles. The standard InChI is InChI=1S/C18H23ClN3OPS/c19-11-14-23-24(25)18-16(20-22(24)15-7-2-1-3-8-15)9-6-10-17(18)21-12-4-5-13-21/h1-3,7-8H,4-6,9-14H2. The molecule has 134 valence electrons. The number of hydrazone groups is 1. The minimum atomic E-state index is -2.44. The van der Waals surface area contributed by atoms with Crippen molar-refractivity contribution in [3.05, 3.63) is 41.3 Å². The second-order valence-electron chi connectivity index (χ2n) is 6.56. The van der Waals surface area contributed by atoms with Crippen molar-refractivity contribution >= 4 is 41.2 Å². The van der Waals surface area contributed by atoms with Crippen LogP contribution in [-0.2, 0) is 16.3 Å². The highest BCUT2D eigenvalue weighted by Crippen LogP contribution is 2.66. The molecule has 1 saturated heterocycles. The van der Waals surface area contributed by atoms with Crippen molar-refractivity contribution in [1.29, 1.82) is 0 Å². The maximum absolute atomic E-state index is 6.29. The first kappa shape index (κ1) is 17.5. The third-order valence-corrected chi connectivity index (χ3v) is 8.86. The molecule has 1 fully saturated rings. The number of benzene rings is 1. The molecule has 0 radical (unpaired) electrons. The number of hydrogen-bond acceptors (Lipinski definition) is 4. The zero-order valence-corrected chi connectivity index (χ0v) is 16.7. The molecule has 1 aliphatic carbocycles.